The van der Waals surface area contributed by atoms with Crippen molar-refractivity contribution in [1.82, 2.24) is 4.98 Å². The molecular weight excluding hydrogens is 204 g/mol. The third kappa shape index (κ3) is 2.17. The second-order valence-corrected chi connectivity index (χ2v) is 3.72. The molecule has 1 heterocycles. The van der Waals surface area contributed by atoms with Crippen molar-refractivity contribution in [1.29, 1.82) is 0 Å². The van der Waals surface area contributed by atoms with Crippen LogP contribution in [-0.4, -0.2) is 17.0 Å². The van der Waals surface area contributed by atoms with Crippen LogP contribution in [0, 0.1) is 0 Å². The molecule has 82 valence electrons. The van der Waals surface area contributed by atoms with E-state index in [-0.39, 0.29) is 0 Å². The molecule has 0 spiro atoms. The number of hydrogen-bond donors (Lipinski definition) is 1. The molecule has 0 saturated heterocycles. The van der Waals surface area contributed by atoms with Gasteiger partial charge in [-0.3, -0.25) is 4.98 Å². The van der Waals surface area contributed by atoms with E-state index >= 15 is 0 Å². The number of pyridine rings is 1. The predicted octanol–water partition coefficient (Wildman–Crippen LogP) is -0.862. The molecule has 1 aromatic carbocycles. The number of carboxylic acid groups (broad SMARTS) is 1. The first kappa shape index (κ1) is 10.6. The smallest absolute Gasteiger partial charge is 0.130 e. The zero-order valence-electron chi connectivity index (χ0n) is 8.72. The van der Waals surface area contributed by atoms with Gasteiger partial charge in [0.25, 0.3) is 0 Å². The van der Waals surface area contributed by atoms with Gasteiger partial charge in [-0.05, 0) is 12.1 Å². The van der Waals surface area contributed by atoms with E-state index in [1.54, 1.807) is 0 Å². The van der Waals surface area contributed by atoms with Crippen molar-refractivity contribution in [2.45, 2.75) is 12.5 Å². The topological polar surface area (TPSA) is 80.7 Å². The van der Waals surface area contributed by atoms with E-state index in [0.717, 1.165) is 16.6 Å². The van der Waals surface area contributed by atoms with Crippen LogP contribution in [0.1, 0.15) is 5.69 Å². The first-order valence-corrected chi connectivity index (χ1v) is 5.05. The number of hydrogen-bond acceptors (Lipinski definition) is 3. The van der Waals surface area contributed by atoms with Gasteiger partial charge in [0.2, 0.25) is 0 Å². The van der Waals surface area contributed by atoms with Crippen molar-refractivity contribution in [3.8, 4) is 0 Å². The summed E-state index contributed by atoms with van der Waals surface area (Å²) in [5.41, 5.74) is 5.10. The molecule has 2 rings (SSSR count). The standard InChI is InChI=1S/C12H12N2O2/c13-10(12(15)16)7-9-6-5-8-3-1-2-4-11(8)14-9/h1-6,10H,7,13H2,(H,15,16)/t10-/m1/s1. The number of fused-ring (bicyclic) bond motifs is 1. The molecule has 0 amide bonds. The highest BCUT2D eigenvalue weighted by molar-refractivity contribution is 5.78. The van der Waals surface area contributed by atoms with Gasteiger partial charge in [0.15, 0.2) is 0 Å². The highest BCUT2D eigenvalue weighted by atomic mass is 16.4. The van der Waals surface area contributed by atoms with E-state index in [1.807, 2.05) is 36.4 Å². The average molecular weight is 216 g/mol. The van der Waals surface area contributed by atoms with E-state index in [9.17, 15) is 9.90 Å². The lowest BCUT2D eigenvalue weighted by Crippen LogP contribution is -2.69. The van der Waals surface area contributed by atoms with Gasteiger partial charge in [-0.15, -0.1) is 0 Å². The number of quaternary nitrogens is 1. The summed E-state index contributed by atoms with van der Waals surface area (Å²) in [4.78, 5) is 14.9. The number of carbonyl (C=O) groups is 1. The van der Waals surface area contributed by atoms with Gasteiger partial charge in [0.05, 0.1) is 11.5 Å². The van der Waals surface area contributed by atoms with Crippen LogP contribution in [0.5, 0.6) is 0 Å². The minimum atomic E-state index is -1.14. The van der Waals surface area contributed by atoms with Crippen LogP contribution in [0.3, 0.4) is 0 Å². The quantitative estimate of drug-likeness (QED) is 0.724. The van der Waals surface area contributed by atoms with Gasteiger partial charge in [-0.1, -0.05) is 24.3 Å². The summed E-state index contributed by atoms with van der Waals surface area (Å²) in [6, 6.07) is 10.7. The van der Waals surface area contributed by atoms with Gasteiger partial charge in [-0.25, -0.2) is 0 Å². The first-order chi connectivity index (χ1) is 7.66. The fourth-order valence-electron chi connectivity index (χ4n) is 1.56. The Morgan fingerprint density at radius 3 is 2.81 bits per heavy atom. The van der Waals surface area contributed by atoms with E-state index in [4.69, 9.17) is 0 Å². The Bertz CT molecular complexity index is 525. The van der Waals surface area contributed by atoms with Crippen molar-refractivity contribution < 1.29 is 15.6 Å². The minimum Gasteiger partial charge on any atom is -0.544 e. The molecular formula is C12H12N2O2. The van der Waals surface area contributed by atoms with E-state index < -0.39 is 12.0 Å². The Balaban J connectivity index is 2.29. The largest absolute Gasteiger partial charge is 0.544 e. The maximum absolute atomic E-state index is 10.6. The highest BCUT2D eigenvalue weighted by Crippen LogP contribution is 2.12. The second kappa shape index (κ2) is 4.28. The number of aliphatic carboxylic acids is 1. The number of benzene rings is 1. The molecule has 0 bridgehead atoms. The van der Waals surface area contributed by atoms with Crippen LogP contribution >= 0.6 is 0 Å². The molecule has 0 aliphatic rings. The van der Waals surface area contributed by atoms with Crippen molar-refractivity contribution in [2.24, 2.45) is 0 Å². The zero-order valence-corrected chi connectivity index (χ0v) is 8.72. The minimum absolute atomic E-state index is 0.299. The Morgan fingerprint density at radius 1 is 1.31 bits per heavy atom. The lowest BCUT2D eigenvalue weighted by molar-refractivity contribution is -0.437. The number of nitrogens with zero attached hydrogens (tertiary/aromatic N) is 1. The SMILES string of the molecule is [NH3+][C@H](Cc1ccc2ccccc2n1)C(=O)[O-]. The summed E-state index contributed by atoms with van der Waals surface area (Å²) in [6.45, 7) is 0. The number of para-hydroxylation sites is 1. The first-order valence-electron chi connectivity index (χ1n) is 5.05. The Labute approximate surface area is 92.7 Å². The molecule has 0 fully saturated rings. The number of aromatic nitrogens is 1. The lowest BCUT2D eigenvalue weighted by atomic mass is 10.1. The maximum Gasteiger partial charge on any atom is 0.130 e. The van der Waals surface area contributed by atoms with Gasteiger partial charge in [0, 0.05) is 17.5 Å². The Morgan fingerprint density at radius 2 is 2.06 bits per heavy atom. The molecule has 3 N–H and O–H groups in total. The summed E-state index contributed by atoms with van der Waals surface area (Å²) >= 11 is 0. The third-order valence-electron chi connectivity index (χ3n) is 2.44. The molecule has 1 atom stereocenters. The molecule has 0 saturated carbocycles. The lowest BCUT2D eigenvalue weighted by Gasteiger charge is -2.09. The second-order valence-electron chi connectivity index (χ2n) is 3.72. The van der Waals surface area contributed by atoms with E-state index in [0.29, 0.717) is 6.42 Å². The van der Waals surface area contributed by atoms with E-state index in [2.05, 4.69) is 10.7 Å². The molecule has 1 aromatic heterocycles. The van der Waals surface area contributed by atoms with E-state index in [1.165, 1.54) is 0 Å². The molecule has 0 radical (unpaired) electrons. The zero-order chi connectivity index (χ0) is 11.5. The summed E-state index contributed by atoms with van der Waals surface area (Å²) in [5.74, 6) is -1.14. The average Bonchev–Trinajstić information content (AvgIpc) is 2.28. The molecule has 4 nitrogen and oxygen atoms in total. The van der Waals surface area contributed by atoms with Crippen LogP contribution < -0.4 is 10.8 Å². The Hall–Kier alpha value is -1.94. The molecule has 16 heavy (non-hydrogen) atoms. The highest BCUT2D eigenvalue weighted by Gasteiger charge is 2.09. The summed E-state index contributed by atoms with van der Waals surface area (Å²) in [5, 5.41) is 11.6. The summed E-state index contributed by atoms with van der Waals surface area (Å²) < 4.78 is 0. The normalized spacial score (nSPS) is 12.6. The van der Waals surface area contributed by atoms with Crippen LogP contribution in [0.2, 0.25) is 0 Å². The number of carbonyl (C=O) groups excluding carboxylic acids is 1. The molecule has 0 aliphatic carbocycles. The third-order valence-corrected chi connectivity index (χ3v) is 2.44. The molecule has 0 unspecified atom stereocenters. The van der Waals surface area contributed by atoms with Crippen LogP contribution in [0.15, 0.2) is 36.4 Å². The number of rotatable bonds is 3. The van der Waals surface area contributed by atoms with Crippen molar-refractivity contribution in [3.63, 3.8) is 0 Å². The van der Waals surface area contributed by atoms with Crippen LogP contribution in [0.4, 0.5) is 0 Å². The maximum atomic E-state index is 10.6. The predicted molar refractivity (Wildman–Crippen MR) is 57.1 cm³/mol. The van der Waals surface area contributed by atoms with Gasteiger partial charge >= 0.3 is 0 Å². The molecule has 2 aromatic rings. The van der Waals surface area contributed by atoms with Crippen molar-refractivity contribution >= 4 is 16.9 Å². The van der Waals surface area contributed by atoms with Crippen LogP contribution in [-0.2, 0) is 11.2 Å². The number of carboxylic acids is 1. The molecule has 4 heteroatoms. The Kier molecular flexibility index (Phi) is 2.83. The van der Waals surface area contributed by atoms with Gasteiger partial charge in [-0.2, -0.15) is 0 Å². The fourth-order valence-corrected chi connectivity index (χ4v) is 1.56. The summed E-state index contributed by atoms with van der Waals surface area (Å²) in [6.07, 6.45) is 0.299. The monoisotopic (exact) mass is 216 g/mol. The molecule has 0 aliphatic heterocycles. The van der Waals surface area contributed by atoms with Gasteiger partial charge in [0.1, 0.15) is 6.04 Å². The summed E-state index contributed by atoms with van der Waals surface area (Å²) in [7, 11) is 0. The van der Waals surface area contributed by atoms with Crippen LogP contribution in [0.25, 0.3) is 10.9 Å². The van der Waals surface area contributed by atoms with Crippen molar-refractivity contribution in [2.75, 3.05) is 0 Å². The van der Waals surface area contributed by atoms with Crippen molar-refractivity contribution in [3.05, 3.63) is 42.1 Å². The van der Waals surface area contributed by atoms with Gasteiger partial charge < -0.3 is 15.6 Å². The fraction of sp³-hybridized carbons (Fsp3) is 0.167.